The van der Waals surface area contributed by atoms with Gasteiger partial charge in [-0.1, -0.05) is 25.3 Å². The van der Waals surface area contributed by atoms with Crippen LogP contribution in [-0.4, -0.2) is 38.3 Å². The number of carbonyl (C=O) groups excluding carboxylic acids is 2. The second-order valence-electron chi connectivity index (χ2n) is 10.9. The number of rotatable bonds is 14. The average molecular weight is 575 g/mol. The van der Waals surface area contributed by atoms with E-state index >= 15 is 0 Å². The van der Waals surface area contributed by atoms with E-state index in [4.69, 9.17) is 0 Å². The van der Waals surface area contributed by atoms with Gasteiger partial charge in [0, 0.05) is 54.9 Å². The summed E-state index contributed by atoms with van der Waals surface area (Å²) in [6, 6.07) is 17.8. The number of fused-ring (bicyclic) bond motifs is 3. The van der Waals surface area contributed by atoms with Gasteiger partial charge in [-0.2, -0.15) is 0 Å². The molecular weight excluding hydrogens is 536 g/mol. The summed E-state index contributed by atoms with van der Waals surface area (Å²) < 4.78 is 0. The van der Waals surface area contributed by atoms with E-state index < -0.39 is 0 Å². The van der Waals surface area contributed by atoms with Gasteiger partial charge in [-0.05, 0) is 92.3 Å². The molecule has 43 heavy (non-hydrogen) atoms. The van der Waals surface area contributed by atoms with Gasteiger partial charge in [-0.25, -0.2) is 0 Å². The molecule has 5 rings (SSSR count). The van der Waals surface area contributed by atoms with Gasteiger partial charge >= 0.3 is 0 Å². The van der Waals surface area contributed by atoms with Crippen molar-refractivity contribution >= 4 is 39.3 Å². The number of nitrogens with zero attached hydrogens (tertiary/aromatic N) is 4. The maximum absolute atomic E-state index is 12.7. The summed E-state index contributed by atoms with van der Waals surface area (Å²) in [7, 11) is 0. The zero-order valence-electron chi connectivity index (χ0n) is 24.7. The number of anilines is 1. The topological polar surface area (TPSA) is 110 Å². The van der Waals surface area contributed by atoms with Gasteiger partial charge in [0.2, 0.25) is 11.8 Å². The molecule has 4 heterocycles. The number of carbonyl (C=O) groups is 2. The molecule has 0 atom stereocenters. The lowest BCUT2D eigenvalue weighted by Crippen LogP contribution is -2.24. The zero-order valence-corrected chi connectivity index (χ0v) is 24.7. The van der Waals surface area contributed by atoms with Crippen LogP contribution in [0.15, 0.2) is 79.4 Å². The number of aryl methyl sites for hydroxylation is 2. The number of nitrogens with one attached hydrogen (secondary N) is 2. The van der Waals surface area contributed by atoms with Crippen LogP contribution in [0.2, 0.25) is 0 Å². The van der Waals surface area contributed by atoms with Crippen molar-refractivity contribution in [3.8, 4) is 11.4 Å². The third-order valence-corrected chi connectivity index (χ3v) is 7.51. The van der Waals surface area contributed by atoms with Crippen LogP contribution in [0.25, 0.3) is 33.2 Å². The van der Waals surface area contributed by atoms with Gasteiger partial charge in [0.05, 0.1) is 28.1 Å². The van der Waals surface area contributed by atoms with Crippen molar-refractivity contribution in [1.82, 2.24) is 25.3 Å². The molecule has 0 saturated heterocycles. The molecule has 0 spiro atoms. The zero-order chi connectivity index (χ0) is 29.9. The molecule has 0 radical (unpaired) electrons. The number of benzene rings is 1. The maximum atomic E-state index is 12.7. The largest absolute Gasteiger partial charge is 0.356 e. The lowest BCUT2D eigenvalue weighted by Gasteiger charge is -2.11. The van der Waals surface area contributed by atoms with Gasteiger partial charge in [0.1, 0.15) is 0 Å². The molecular formula is C35H38N6O2. The van der Waals surface area contributed by atoms with Crippen LogP contribution in [0.1, 0.15) is 62.5 Å². The summed E-state index contributed by atoms with van der Waals surface area (Å²) in [4.78, 5) is 42.8. The van der Waals surface area contributed by atoms with E-state index in [1.807, 2.05) is 48.8 Å². The van der Waals surface area contributed by atoms with Crippen LogP contribution in [0.4, 0.5) is 5.69 Å². The van der Waals surface area contributed by atoms with E-state index in [9.17, 15) is 9.59 Å². The number of hydrogen-bond acceptors (Lipinski definition) is 6. The van der Waals surface area contributed by atoms with Crippen LogP contribution >= 0.6 is 0 Å². The molecule has 2 amide bonds. The molecule has 2 N–H and O–H groups in total. The van der Waals surface area contributed by atoms with Crippen LogP contribution < -0.4 is 10.6 Å². The Balaban J connectivity index is 0.943. The standard InChI is InChI=1S/C35H38N6O2/c1-25-15-20-36-30(22-25)31-23-26(16-21-37-31)10-5-3-2-4-6-17-38-32(42)13-7-14-33(43)41-29-24-27-11-8-18-39-34(27)35-28(29)12-9-19-40-35/h8-9,11-12,15-16,18-24H,2-7,10,13-14,17H2,1H3,(H,38,42)(H,41,43). The minimum absolute atomic E-state index is 0.00387. The van der Waals surface area contributed by atoms with Crippen molar-refractivity contribution in [2.45, 2.75) is 64.7 Å². The quantitative estimate of drug-likeness (QED) is 0.110. The Kier molecular flexibility index (Phi) is 10.4. The van der Waals surface area contributed by atoms with Crippen molar-refractivity contribution in [2.24, 2.45) is 0 Å². The molecule has 0 aliphatic rings. The molecule has 8 nitrogen and oxygen atoms in total. The molecule has 4 aromatic heterocycles. The number of unbranched alkanes of at least 4 members (excludes halogenated alkanes) is 4. The highest BCUT2D eigenvalue weighted by Gasteiger charge is 2.12. The van der Waals surface area contributed by atoms with Crippen molar-refractivity contribution < 1.29 is 9.59 Å². The Bertz CT molecular complexity index is 1700. The van der Waals surface area contributed by atoms with Gasteiger partial charge in [-0.3, -0.25) is 29.5 Å². The molecule has 0 unspecified atom stereocenters. The highest BCUT2D eigenvalue weighted by Crippen LogP contribution is 2.29. The fraction of sp³-hybridized carbons (Fsp3) is 0.314. The fourth-order valence-electron chi connectivity index (χ4n) is 5.25. The molecule has 5 aromatic rings. The van der Waals surface area contributed by atoms with E-state index in [2.05, 4.69) is 55.7 Å². The Morgan fingerprint density at radius 3 is 2.26 bits per heavy atom. The van der Waals surface area contributed by atoms with Crippen molar-refractivity contribution in [2.75, 3.05) is 11.9 Å². The monoisotopic (exact) mass is 574 g/mol. The lowest BCUT2D eigenvalue weighted by atomic mass is 10.0. The first kappa shape index (κ1) is 29.8. The number of amides is 2. The van der Waals surface area contributed by atoms with E-state index in [-0.39, 0.29) is 18.2 Å². The van der Waals surface area contributed by atoms with E-state index in [0.29, 0.717) is 25.1 Å². The van der Waals surface area contributed by atoms with Crippen LogP contribution in [0.3, 0.4) is 0 Å². The lowest BCUT2D eigenvalue weighted by molar-refractivity contribution is -0.121. The first-order valence-corrected chi connectivity index (χ1v) is 15.1. The van der Waals surface area contributed by atoms with E-state index in [1.54, 1.807) is 12.4 Å². The Labute approximate surface area is 252 Å². The first-order valence-electron chi connectivity index (χ1n) is 15.1. The predicted molar refractivity (Wildman–Crippen MR) is 172 cm³/mol. The highest BCUT2D eigenvalue weighted by molar-refractivity contribution is 6.11. The van der Waals surface area contributed by atoms with Crippen molar-refractivity contribution in [1.29, 1.82) is 0 Å². The summed E-state index contributed by atoms with van der Waals surface area (Å²) in [5.74, 6) is -0.119. The number of aromatic nitrogens is 4. The SMILES string of the molecule is Cc1ccnc(-c2cc(CCCCCCCNC(=O)CCCC(=O)Nc3cc4cccnc4c4ncccc34)ccn2)c1. The molecule has 220 valence electrons. The first-order chi connectivity index (χ1) is 21.1. The van der Waals surface area contributed by atoms with E-state index in [1.165, 1.54) is 11.1 Å². The molecule has 0 aliphatic carbocycles. The highest BCUT2D eigenvalue weighted by atomic mass is 16.2. The van der Waals surface area contributed by atoms with Crippen LogP contribution in [-0.2, 0) is 16.0 Å². The summed E-state index contributed by atoms with van der Waals surface area (Å²) in [6.07, 6.45) is 14.8. The third-order valence-electron chi connectivity index (χ3n) is 7.51. The van der Waals surface area contributed by atoms with E-state index in [0.717, 1.165) is 71.7 Å². The van der Waals surface area contributed by atoms with Crippen molar-refractivity contribution in [3.05, 3.63) is 90.5 Å². The molecule has 0 fully saturated rings. The summed E-state index contributed by atoms with van der Waals surface area (Å²) in [6.45, 7) is 2.74. The van der Waals surface area contributed by atoms with Crippen LogP contribution in [0, 0.1) is 6.92 Å². The predicted octanol–water partition coefficient (Wildman–Crippen LogP) is 6.97. The van der Waals surface area contributed by atoms with Gasteiger partial charge in [0.15, 0.2) is 0 Å². The molecule has 8 heteroatoms. The number of pyridine rings is 4. The maximum Gasteiger partial charge on any atom is 0.224 e. The Morgan fingerprint density at radius 1 is 0.674 bits per heavy atom. The molecule has 0 bridgehead atoms. The second kappa shape index (κ2) is 15.0. The fourth-order valence-corrected chi connectivity index (χ4v) is 5.25. The molecule has 0 aliphatic heterocycles. The average Bonchev–Trinajstić information content (AvgIpc) is 3.02. The molecule has 1 aromatic carbocycles. The van der Waals surface area contributed by atoms with Crippen LogP contribution in [0.5, 0.6) is 0 Å². The van der Waals surface area contributed by atoms with Crippen molar-refractivity contribution in [3.63, 3.8) is 0 Å². The molecule has 0 saturated carbocycles. The van der Waals surface area contributed by atoms with Gasteiger partial charge < -0.3 is 10.6 Å². The Morgan fingerprint density at radius 2 is 1.40 bits per heavy atom. The van der Waals surface area contributed by atoms with Gasteiger partial charge in [-0.15, -0.1) is 0 Å². The summed E-state index contributed by atoms with van der Waals surface area (Å²) in [5.41, 5.74) is 6.58. The smallest absolute Gasteiger partial charge is 0.224 e. The van der Waals surface area contributed by atoms with Gasteiger partial charge in [0.25, 0.3) is 0 Å². The second-order valence-corrected chi connectivity index (χ2v) is 10.9. The third kappa shape index (κ3) is 8.41. The Hall–Kier alpha value is -4.72. The summed E-state index contributed by atoms with van der Waals surface area (Å²) >= 11 is 0. The minimum atomic E-state index is -0.115. The number of hydrogen-bond donors (Lipinski definition) is 2. The minimum Gasteiger partial charge on any atom is -0.356 e. The normalized spacial score (nSPS) is 11.1. The summed E-state index contributed by atoms with van der Waals surface area (Å²) in [5, 5.41) is 7.77.